The Bertz CT molecular complexity index is 680. The summed E-state index contributed by atoms with van der Waals surface area (Å²) in [6.45, 7) is 7.90. The van der Waals surface area contributed by atoms with E-state index < -0.39 is 6.04 Å². The first-order valence-corrected chi connectivity index (χ1v) is 9.98. The van der Waals surface area contributed by atoms with Crippen LogP contribution >= 0.6 is 12.4 Å². The molecular formula is C21H32ClN3O3. The number of likely N-dealkylation sites (tertiary alicyclic amines) is 1. The molecule has 4 atom stereocenters. The molecule has 2 amide bonds. The lowest BCUT2D eigenvalue weighted by atomic mass is 9.98. The number of ether oxygens (including phenoxy) is 1. The van der Waals surface area contributed by atoms with Crippen LogP contribution in [0, 0.1) is 17.8 Å². The minimum Gasteiger partial charge on any atom is -0.494 e. The van der Waals surface area contributed by atoms with Crippen molar-refractivity contribution >= 4 is 24.2 Å². The Kier molecular flexibility index (Phi) is 7.72. The number of hydrogen-bond acceptors (Lipinski definition) is 4. The molecule has 6 nitrogen and oxygen atoms in total. The van der Waals surface area contributed by atoms with Crippen LogP contribution in [-0.2, 0) is 4.79 Å². The standard InChI is InChI=1S/C21H31N3O3.ClH/c1-4-27-16-8-5-14(6-9-16)20(25)23-19(13(2)3)21(26)24-11-15-7-10-18(22)17(15)12-24;/h5-6,8-9,13,15,17-19H,4,7,10-12,22H2,1-3H3,(H,23,25);1H. The summed E-state index contributed by atoms with van der Waals surface area (Å²) in [6, 6.07) is 6.66. The van der Waals surface area contributed by atoms with E-state index in [4.69, 9.17) is 10.5 Å². The van der Waals surface area contributed by atoms with Gasteiger partial charge in [-0.15, -0.1) is 12.4 Å². The van der Waals surface area contributed by atoms with E-state index in [2.05, 4.69) is 5.32 Å². The number of rotatable bonds is 6. The van der Waals surface area contributed by atoms with Crippen LogP contribution in [-0.4, -0.2) is 48.5 Å². The highest BCUT2D eigenvalue weighted by Gasteiger charge is 2.44. The molecule has 2 aliphatic rings. The van der Waals surface area contributed by atoms with Gasteiger partial charge in [0.05, 0.1) is 6.61 Å². The molecule has 156 valence electrons. The van der Waals surface area contributed by atoms with E-state index in [1.54, 1.807) is 24.3 Å². The molecule has 1 aliphatic carbocycles. The number of fused-ring (bicyclic) bond motifs is 1. The molecule has 1 aliphatic heterocycles. The smallest absolute Gasteiger partial charge is 0.251 e. The topological polar surface area (TPSA) is 84.7 Å². The molecule has 1 heterocycles. The van der Waals surface area contributed by atoms with Gasteiger partial charge in [0.15, 0.2) is 0 Å². The van der Waals surface area contributed by atoms with Gasteiger partial charge in [0, 0.05) is 24.7 Å². The Morgan fingerprint density at radius 1 is 1.21 bits per heavy atom. The van der Waals surface area contributed by atoms with Gasteiger partial charge in [0.1, 0.15) is 11.8 Å². The van der Waals surface area contributed by atoms with E-state index in [1.165, 1.54) is 0 Å². The Hall–Kier alpha value is -1.79. The fourth-order valence-corrected chi connectivity index (χ4v) is 4.29. The molecule has 1 aromatic carbocycles. The second-order valence-corrected chi connectivity index (χ2v) is 8.06. The third-order valence-corrected chi connectivity index (χ3v) is 5.87. The van der Waals surface area contributed by atoms with Crippen molar-refractivity contribution in [2.45, 2.75) is 45.7 Å². The van der Waals surface area contributed by atoms with Crippen molar-refractivity contribution < 1.29 is 14.3 Å². The van der Waals surface area contributed by atoms with Crippen molar-refractivity contribution in [2.24, 2.45) is 23.5 Å². The maximum Gasteiger partial charge on any atom is 0.251 e. The summed E-state index contributed by atoms with van der Waals surface area (Å²) in [5.41, 5.74) is 6.72. The van der Waals surface area contributed by atoms with Crippen LogP contribution < -0.4 is 15.8 Å². The Labute approximate surface area is 173 Å². The number of halogens is 1. The molecule has 4 unspecified atom stereocenters. The first-order chi connectivity index (χ1) is 12.9. The van der Waals surface area contributed by atoms with Crippen molar-refractivity contribution in [3.05, 3.63) is 29.8 Å². The molecule has 1 aromatic rings. The maximum atomic E-state index is 13.1. The second kappa shape index (κ2) is 9.61. The summed E-state index contributed by atoms with van der Waals surface area (Å²) < 4.78 is 5.41. The van der Waals surface area contributed by atoms with Gasteiger partial charge in [-0.05, 0) is 61.8 Å². The number of nitrogens with two attached hydrogens (primary N) is 1. The van der Waals surface area contributed by atoms with Crippen LogP contribution in [0.2, 0.25) is 0 Å². The highest BCUT2D eigenvalue weighted by molar-refractivity contribution is 5.97. The van der Waals surface area contributed by atoms with Gasteiger partial charge in [-0.3, -0.25) is 9.59 Å². The van der Waals surface area contributed by atoms with Gasteiger partial charge in [-0.25, -0.2) is 0 Å². The molecule has 3 N–H and O–H groups in total. The average Bonchev–Trinajstić information content (AvgIpc) is 3.22. The Morgan fingerprint density at radius 3 is 2.46 bits per heavy atom. The summed E-state index contributed by atoms with van der Waals surface area (Å²) in [7, 11) is 0. The van der Waals surface area contributed by atoms with Gasteiger partial charge in [0.2, 0.25) is 5.91 Å². The SMILES string of the molecule is CCOc1ccc(C(=O)NC(C(=O)N2CC3CCC(N)C3C2)C(C)C)cc1.Cl. The fraction of sp³-hybridized carbons (Fsp3) is 0.619. The Balaban J connectivity index is 0.00000280. The number of nitrogens with one attached hydrogen (secondary N) is 1. The minimum absolute atomic E-state index is 0. The normalized spacial score (nSPS) is 24.5. The van der Waals surface area contributed by atoms with Crippen LogP contribution in [0.15, 0.2) is 24.3 Å². The van der Waals surface area contributed by atoms with E-state index in [0.29, 0.717) is 30.6 Å². The molecule has 2 fully saturated rings. The van der Waals surface area contributed by atoms with Gasteiger partial charge < -0.3 is 20.7 Å². The van der Waals surface area contributed by atoms with Crippen molar-refractivity contribution in [1.29, 1.82) is 0 Å². The zero-order valence-electron chi connectivity index (χ0n) is 16.9. The third-order valence-electron chi connectivity index (χ3n) is 5.87. The van der Waals surface area contributed by atoms with Gasteiger partial charge in [0.25, 0.3) is 5.91 Å². The van der Waals surface area contributed by atoms with E-state index >= 15 is 0 Å². The number of hydrogen-bond donors (Lipinski definition) is 2. The zero-order valence-corrected chi connectivity index (χ0v) is 17.7. The second-order valence-electron chi connectivity index (χ2n) is 8.06. The van der Waals surface area contributed by atoms with Crippen LogP contribution in [0.25, 0.3) is 0 Å². The van der Waals surface area contributed by atoms with Crippen LogP contribution in [0.5, 0.6) is 5.75 Å². The van der Waals surface area contributed by atoms with Crippen molar-refractivity contribution in [3.63, 3.8) is 0 Å². The molecule has 1 saturated carbocycles. The quantitative estimate of drug-likeness (QED) is 0.755. The van der Waals surface area contributed by atoms with Crippen LogP contribution in [0.4, 0.5) is 0 Å². The molecule has 0 bridgehead atoms. The fourth-order valence-electron chi connectivity index (χ4n) is 4.29. The predicted octanol–water partition coefficient (Wildman–Crippen LogP) is 2.46. The monoisotopic (exact) mass is 409 g/mol. The number of carbonyl (C=O) groups excluding carboxylic acids is 2. The maximum absolute atomic E-state index is 13.1. The Morgan fingerprint density at radius 2 is 1.89 bits per heavy atom. The summed E-state index contributed by atoms with van der Waals surface area (Å²) >= 11 is 0. The highest BCUT2D eigenvalue weighted by Crippen LogP contribution is 2.37. The lowest BCUT2D eigenvalue weighted by molar-refractivity contribution is -0.133. The van der Waals surface area contributed by atoms with E-state index in [-0.39, 0.29) is 36.2 Å². The highest BCUT2D eigenvalue weighted by atomic mass is 35.5. The third kappa shape index (κ3) is 4.78. The molecule has 28 heavy (non-hydrogen) atoms. The van der Waals surface area contributed by atoms with Gasteiger partial charge in [-0.2, -0.15) is 0 Å². The molecule has 7 heteroatoms. The van der Waals surface area contributed by atoms with E-state index in [9.17, 15) is 9.59 Å². The van der Waals surface area contributed by atoms with Gasteiger partial charge in [-0.1, -0.05) is 13.8 Å². The van der Waals surface area contributed by atoms with E-state index in [0.717, 1.165) is 25.1 Å². The number of benzene rings is 1. The average molecular weight is 410 g/mol. The van der Waals surface area contributed by atoms with Crippen molar-refractivity contribution in [2.75, 3.05) is 19.7 Å². The number of carbonyl (C=O) groups is 2. The summed E-state index contributed by atoms with van der Waals surface area (Å²) in [5, 5.41) is 2.94. The van der Waals surface area contributed by atoms with Crippen LogP contribution in [0.1, 0.15) is 44.0 Å². The zero-order chi connectivity index (χ0) is 19.6. The number of nitrogens with zero attached hydrogens (tertiary/aromatic N) is 1. The molecule has 0 spiro atoms. The van der Waals surface area contributed by atoms with Gasteiger partial charge >= 0.3 is 0 Å². The summed E-state index contributed by atoms with van der Waals surface area (Å²) in [4.78, 5) is 27.6. The molecule has 1 saturated heterocycles. The van der Waals surface area contributed by atoms with Crippen molar-refractivity contribution in [3.8, 4) is 5.75 Å². The summed E-state index contributed by atoms with van der Waals surface area (Å²) in [5.74, 6) is 1.43. The first-order valence-electron chi connectivity index (χ1n) is 9.98. The molecule has 3 rings (SSSR count). The first kappa shape index (κ1) is 22.5. The molecule has 0 aromatic heterocycles. The molecular weight excluding hydrogens is 378 g/mol. The minimum atomic E-state index is -0.529. The van der Waals surface area contributed by atoms with E-state index in [1.807, 2.05) is 25.7 Å². The predicted molar refractivity (Wildman–Crippen MR) is 112 cm³/mol. The molecule has 0 radical (unpaired) electrons. The lowest BCUT2D eigenvalue weighted by Gasteiger charge is -2.28. The summed E-state index contributed by atoms with van der Waals surface area (Å²) in [6.07, 6.45) is 2.15. The van der Waals surface area contributed by atoms with Crippen LogP contribution in [0.3, 0.4) is 0 Å². The largest absolute Gasteiger partial charge is 0.494 e. The van der Waals surface area contributed by atoms with Crippen molar-refractivity contribution in [1.82, 2.24) is 10.2 Å². The lowest BCUT2D eigenvalue weighted by Crippen LogP contribution is -2.51. The number of amides is 2.